The van der Waals surface area contributed by atoms with Crippen molar-refractivity contribution in [1.82, 2.24) is 4.90 Å². The summed E-state index contributed by atoms with van der Waals surface area (Å²) in [6.45, 7) is 1.42. The summed E-state index contributed by atoms with van der Waals surface area (Å²) < 4.78 is 44.1. The van der Waals surface area contributed by atoms with Crippen LogP contribution < -0.4 is 0 Å². The van der Waals surface area contributed by atoms with E-state index >= 15 is 0 Å². The van der Waals surface area contributed by atoms with E-state index in [1.807, 2.05) is 13.0 Å². The molecule has 0 aliphatic carbocycles. The number of carbonyl (C=O) groups is 1. The Morgan fingerprint density at radius 2 is 1.87 bits per heavy atom. The molecule has 1 aliphatic heterocycles. The molecule has 1 aromatic rings. The van der Waals surface area contributed by atoms with Gasteiger partial charge < -0.3 is 9.64 Å². The van der Waals surface area contributed by atoms with Gasteiger partial charge in [0.25, 0.3) is 0 Å². The summed E-state index contributed by atoms with van der Waals surface area (Å²) in [5, 5.41) is 0. The molecule has 3 nitrogen and oxygen atoms in total. The predicted molar refractivity (Wildman–Crippen MR) is 81.1 cm³/mol. The number of carbonyl (C=O) groups excluding carboxylic acids is 1. The fourth-order valence-electron chi connectivity index (χ4n) is 3.02. The Morgan fingerprint density at radius 1 is 1.26 bits per heavy atom. The maximum atomic E-state index is 13.0. The average Bonchev–Trinajstić information content (AvgIpc) is 2.54. The van der Waals surface area contributed by atoms with Crippen molar-refractivity contribution < 1.29 is 22.7 Å². The van der Waals surface area contributed by atoms with Gasteiger partial charge >= 0.3 is 6.18 Å². The fourth-order valence-corrected chi connectivity index (χ4v) is 3.02. The molecule has 1 aliphatic rings. The molecule has 0 aromatic heterocycles. The van der Waals surface area contributed by atoms with Crippen LogP contribution in [0, 0.1) is 0 Å². The number of hydrogen-bond acceptors (Lipinski definition) is 2. The quantitative estimate of drug-likeness (QED) is 0.823. The maximum Gasteiger partial charge on any atom is 0.406 e. The summed E-state index contributed by atoms with van der Waals surface area (Å²) in [4.78, 5) is 13.9. The Morgan fingerprint density at radius 3 is 2.39 bits per heavy atom. The first-order chi connectivity index (χ1) is 10.9. The molecule has 0 bridgehead atoms. The summed E-state index contributed by atoms with van der Waals surface area (Å²) in [6, 6.07) is 8.61. The van der Waals surface area contributed by atoms with Crippen LogP contribution in [0.25, 0.3) is 0 Å². The van der Waals surface area contributed by atoms with E-state index in [4.69, 9.17) is 4.74 Å². The molecule has 0 saturated carbocycles. The molecule has 1 unspecified atom stereocenters. The highest BCUT2D eigenvalue weighted by Crippen LogP contribution is 2.28. The Hall–Kier alpha value is -1.56. The lowest BCUT2D eigenvalue weighted by Crippen LogP contribution is -2.49. The highest BCUT2D eigenvalue weighted by molar-refractivity contribution is 5.84. The zero-order valence-electron chi connectivity index (χ0n) is 13.2. The minimum atomic E-state index is -4.40. The second-order valence-electron chi connectivity index (χ2n) is 5.80. The zero-order valence-corrected chi connectivity index (χ0v) is 13.2. The molecule has 0 radical (unpaired) electrons. The molecule has 23 heavy (non-hydrogen) atoms. The van der Waals surface area contributed by atoms with E-state index in [1.54, 1.807) is 24.3 Å². The topological polar surface area (TPSA) is 29.5 Å². The molecule has 1 saturated heterocycles. The Kier molecular flexibility index (Phi) is 6.04. The van der Waals surface area contributed by atoms with Crippen molar-refractivity contribution in [3.63, 3.8) is 0 Å². The molecule has 1 heterocycles. The van der Waals surface area contributed by atoms with Gasteiger partial charge in [-0.25, -0.2) is 0 Å². The van der Waals surface area contributed by atoms with Crippen molar-refractivity contribution in [2.75, 3.05) is 19.8 Å². The number of hydrogen-bond donors (Lipinski definition) is 0. The smallest absolute Gasteiger partial charge is 0.381 e. The molecule has 1 atom stereocenters. The second-order valence-corrected chi connectivity index (χ2v) is 5.80. The third-order valence-electron chi connectivity index (χ3n) is 4.17. The van der Waals surface area contributed by atoms with Gasteiger partial charge in [0.15, 0.2) is 0 Å². The van der Waals surface area contributed by atoms with Gasteiger partial charge in [-0.15, -0.1) is 0 Å². The Balaban J connectivity index is 2.23. The summed E-state index contributed by atoms with van der Waals surface area (Å²) in [5.74, 6) is -0.982. The van der Waals surface area contributed by atoms with Crippen LogP contribution in [0.2, 0.25) is 0 Å². The number of amides is 1. The van der Waals surface area contributed by atoms with Crippen molar-refractivity contribution in [1.29, 1.82) is 0 Å². The SMILES string of the molecule is CCC(C(=O)N(CC(F)(F)F)C1CCOCC1)c1ccccc1. The van der Waals surface area contributed by atoms with Crippen molar-refractivity contribution >= 4 is 5.91 Å². The molecular weight excluding hydrogens is 307 g/mol. The molecule has 1 aromatic carbocycles. The molecule has 1 amide bonds. The first-order valence-electron chi connectivity index (χ1n) is 7.92. The van der Waals surface area contributed by atoms with Crippen molar-refractivity contribution in [2.45, 2.75) is 44.3 Å². The van der Waals surface area contributed by atoms with E-state index in [0.717, 1.165) is 10.5 Å². The van der Waals surface area contributed by atoms with E-state index in [1.165, 1.54) is 0 Å². The van der Waals surface area contributed by atoms with Gasteiger partial charge in [-0.05, 0) is 24.8 Å². The Bertz CT molecular complexity index is 498. The van der Waals surface area contributed by atoms with Crippen LogP contribution in [-0.4, -0.2) is 42.8 Å². The zero-order chi connectivity index (χ0) is 16.9. The summed E-state index contributed by atoms with van der Waals surface area (Å²) in [6.07, 6.45) is -3.02. The molecule has 128 valence electrons. The van der Waals surface area contributed by atoms with Gasteiger partial charge in [0.1, 0.15) is 6.54 Å². The highest BCUT2D eigenvalue weighted by atomic mass is 19.4. The number of benzene rings is 1. The van der Waals surface area contributed by atoms with Crippen LogP contribution in [0.1, 0.15) is 37.7 Å². The van der Waals surface area contributed by atoms with Crippen molar-refractivity contribution in [3.8, 4) is 0 Å². The van der Waals surface area contributed by atoms with Crippen molar-refractivity contribution in [3.05, 3.63) is 35.9 Å². The molecular formula is C17H22F3NO2. The lowest BCUT2D eigenvalue weighted by atomic mass is 9.93. The van der Waals surface area contributed by atoms with Crippen molar-refractivity contribution in [2.24, 2.45) is 0 Å². The molecule has 2 rings (SSSR count). The van der Waals surface area contributed by atoms with Gasteiger partial charge in [-0.2, -0.15) is 13.2 Å². The second kappa shape index (κ2) is 7.81. The minimum Gasteiger partial charge on any atom is -0.381 e. The maximum absolute atomic E-state index is 13.0. The van der Waals surface area contributed by atoms with E-state index < -0.39 is 30.6 Å². The molecule has 0 spiro atoms. The van der Waals surface area contributed by atoms with Gasteiger partial charge in [0.2, 0.25) is 5.91 Å². The largest absolute Gasteiger partial charge is 0.406 e. The van der Waals surface area contributed by atoms with Gasteiger partial charge in [-0.3, -0.25) is 4.79 Å². The molecule has 1 fully saturated rings. The molecule has 6 heteroatoms. The van der Waals surface area contributed by atoms with Crippen LogP contribution in [0.4, 0.5) is 13.2 Å². The van der Waals surface area contributed by atoms with Gasteiger partial charge in [0.05, 0.1) is 5.92 Å². The summed E-state index contributed by atoms with van der Waals surface area (Å²) >= 11 is 0. The number of nitrogens with zero attached hydrogens (tertiary/aromatic N) is 1. The van der Waals surface area contributed by atoms with Crippen LogP contribution in [-0.2, 0) is 9.53 Å². The first kappa shape index (κ1) is 17.8. The monoisotopic (exact) mass is 329 g/mol. The molecule has 0 N–H and O–H groups in total. The average molecular weight is 329 g/mol. The Labute approximate surface area is 134 Å². The van der Waals surface area contributed by atoms with Crippen LogP contribution in [0.3, 0.4) is 0 Å². The minimum absolute atomic E-state index is 0.397. The summed E-state index contributed by atoms with van der Waals surface area (Å²) in [5.41, 5.74) is 0.763. The van der Waals surface area contributed by atoms with E-state index in [9.17, 15) is 18.0 Å². The number of alkyl halides is 3. The van der Waals surface area contributed by atoms with E-state index in [2.05, 4.69) is 0 Å². The third kappa shape index (κ3) is 4.96. The highest BCUT2D eigenvalue weighted by Gasteiger charge is 2.39. The third-order valence-corrected chi connectivity index (χ3v) is 4.17. The van der Waals surface area contributed by atoms with Crippen LogP contribution in [0.15, 0.2) is 30.3 Å². The summed E-state index contributed by atoms with van der Waals surface area (Å²) in [7, 11) is 0. The predicted octanol–water partition coefficient (Wildman–Crippen LogP) is 3.75. The van der Waals surface area contributed by atoms with E-state index in [-0.39, 0.29) is 0 Å². The van der Waals surface area contributed by atoms with Crippen LogP contribution in [0.5, 0.6) is 0 Å². The van der Waals surface area contributed by atoms with E-state index in [0.29, 0.717) is 32.5 Å². The standard InChI is InChI=1S/C17H22F3NO2/c1-2-15(13-6-4-3-5-7-13)16(22)21(12-17(18,19)20)14-8-10-23-11-9-14/h3-7,14-15H,2,8-12H2,1H3. The lowest BCUT2D eigenvalue weighted by Gasteiger charge is -2.37. The van der Waals surface area contributed by atoms with Gasteiger partial charge in [-0.1, -0.05) is 37.3 Å². The first-order valence-corrected chi connectivity index (χ1v) is 7.92. The normalized spacial score (nSPS) is 17.7. The number of halogens is 3. The fraction of sp³-hybridized carbons (Fsp3) is 0.588. The van der Waals surface area contributed by atoms with Crippen LogP contribution >= 0.6 is 0 Å². The lowest BCUT2D eigenvalue weighted by molar-refractivity contribution is -0.170. The number of rotatable bonds is 5. The number of ether oxygens (including phenoxy) is 1. The van der Waals surface area contributed by atoms with Gasteiger partial charge in [0, 0.05) is 19.3 Å².